The number of rotatable bonds is 6. The number of sulfonamides is 1. The second-order valence-electron chi connectivity index (χ2n) is 7.06. The van der Waals surface area contributed by atoms with E-state index in [2.05, 4.69) is 5.32 Å². The van der Waals surface area contributed by atoms with Crippen molar-refractivity contribution in [2.75, 3.05) is 18.4 Å². The number of fused-ring (bicyclic) bond motifs is 1. The van der Waals surface area contributed by atoms with Crippen LogP contribution in [0, 0.1) is 20.8 Å². The van der Waals surface area contributed by atoms with Gasteiger partial charge in [-0.1, -0.05) is 19.9 Å². The molecule has 3 aromatic rings. The van der Waals surface area contributed by atoms with E-state index in [0.29, 0.717) is 35.3 Å². The molecule has 0 saturated carbocycles. The summed E-state index contributed by atoms with van der Waals surface area (Å²) in [4.78, 5) is 12.9. The monoisotopic (exact) mass is 414 g/mol. The lowest BCUT2D eigenvalue weighted by Gasteiger charge is -2.18. The highest BCUT2D eigenvalue weighted by Gasteiger charge is 2.24. The topological polar surface area (TPSA) is 79.6 Å². The fourth-order valence-electron chi connectivity index (χ4n) is 3.30. The van der Waals surface area contributed by atoms with Crippen molar-refractivity contribution in [3.8, 4) is 0 Å². The summed E-state index contributed by atoms with van der Waals surface area (Å²) in [6.07, 6.45) is 0. The zero-order valence-electron chi connectivity index (χ0n) is 17.4. The summed E-state index contributed by atoms with van der Waals surface area (Å²) in [5, 5.41) is 3.46. The highest BCUT2D eigenvalue weighted by atomic mass is 32.2. The lowest BCUT2D eigenvalue weighted by Crippen LogP contribution is -2.30. The Morgan fingerprint density at radius 2 is 1.69 bits per heavy atom. The molecule has 0 bridgehead atoms. The van der Waals surface area contributed by atoms with Crippen LogP contribution in [0.1, 0.15) is 41.1 Å². The maximum atomic E-state index is 12.8. The van der Waals surface area contributed by atoms with Crippen molar-refractivity contribution < 1.29 is 17.6 Å². The molecule has 0 radical (unpaired) electrons. The number of aryl methyl sites for hydroxylation is 3. The molecule has 1 aromatic heterocycles. The molecule has 0 saturated heterocycles. The van der Waals surface area contributed by atoms with Crippen molar-refractivity contribution in [1.82, 2.24) is 4.31 Å². The molecule has 0 aliphatic carbocycles. The third-order valence-electron chi connectivity index (χ3n) is 5.22. The Hall–Kier alpha value is -2.64. The third-order valence-corrected chi connectivity index (χ3v) is 7.27. The molecule has 3 rings (SSSR count). The van der Waals surface area contributed by atoms with E-state index in [0.717, 1.165) is 11.1 Å². The highest BCUT2D eigenvalue weighted by Crippen LogP contribution is 2.29. The number of hydrogen-bond acceptors (Lipinski definition) is 4. The van der Waals surface area contributed by atoms with Gasteiger partial charge in [0, 0.05) is 29.7 Å². The zero-order chi connectivity index (χ0) is 21.3. The Kier molecular flexibility index (Phi) is 5.82. The van der Waals surface area contributed by atoms with E-state index in [1.807, 2.05) is 32.0 Å². The van der Waals surface area contributed by atoms with Crippen LogP contribution in [0.5, 0.6) is 0 Å². The largest absolute Gasteiger partial charge is 0.451 e. The van der Waals surface area contributed by atoms with E-state index >= 15 is 0 Å². The van der Waals surface area contributed by atoms with Crippen LogP contribution >= 0.6 is 0 Å². The molecule has 7 heteroatoms. The summed E-state index contributed by atoms with van der Waals surface area (Å²) in [7, 11) is -3.59. The smallest absolute Gasteiger partial charge is 0.291 e. The Morgan fingerprint density at radius 1 is 1.00 bits per heavy atom. The van der Waals surface area contributed by atoms with Crippen molar-refractivity contribution in [3.63, 3.8) is 0 Å². The molecule has 1 heterocycles. The number of furan rings is 1. The molecule has 1 N–H and O–H groups in total. The molecule has 0 spiro atoms. The fraction of sp³-hybridized carbons (Fsp3) is 0.318. The first-order chi connectivity index (χ1) is 13.7. The summed E-state index contributed by atoms with van der Waals surface area (Å²) in [6, 6.07) is 10.4. The van der Waals surface area contributed by atoms with Gasteiger partial charge in [0.15, 0.2) is 5.76 Å². The Bertz CT molecular complexity index is 1170. The standard InChI is InChI=1S/C22H26N2O4S/c1-6-24(7-2)29(26,27)18-10-11-20-19(13-18)16(5)21(28-20)22(25)23-17-9-8-14(3)15(4)12-17/h8-13H,6-7H2,1-5H3,(H,23,25). The van der Waals surface area contributed by atoms with Crippen LogP contribution in [-0.4, -0.2) is 31.7 Å². The van der Waals surface area contributed by atoms with Gasteiger partial charge in [-0.25, -0.2) is 8.42 Å². The molecule has 0 atom stereocenters. The molecule has 2 aromatic carbocycles. The van der Waals surface area contributed by atoms with E-state index in [1.165, 1.54) is 10.4 Å². The van der Waals surface area contributed by atoms with E-state index in [4.69, 9.17) is 4.42 Å². The van der Waals surface area contributed by atoms with Gasteiger partial charge in [-0.3, -0.25) is 4.79 Å². The predicted octanol–water partition coefficient (Wildman–Crippen LogP) is 4.64. The number of anilines is 1. The lowest BCUT2D eigenvalue weighted by atomic mass is 10.1. The summed E-state index contributed by atoms with van der Waals surface area (Å²) >= 11 is 0. The van der Waals surface area contributed by atoms with Gasteiger partial charge in [-0.15, -0.1) is 0 Å². The van der Waals surface area contributed by atoms with E-state index in [9.17, 15) is 13.2 Å². The van der Waals surface area contributed by atoms with Crippen molar-refractivity contribution in [3.05, 3.63) is 58.8 Å². The molecular formula is C22H26N2O4S. The second-order valence-corrected chi connectivity index (χ2v) is 8.99. The number of hydrogen-bond donors (Lipinski definition) is 1. The number of nitrogens with one attached hydrogen (secondary N) is 1. The maximum Gasteiger partial charge on any atom is 0.291 e. The zero-order valence-corrected chi connectivity index (χ0v) is 18.2. The van der Waals surface area contributed by atoms with Gasteiger partial charge >= 0.3 is 0 Å². The average Bonchev–Trinajstić information content (AvgIpc) is 3.02. The van der Waals surface area contributed by atoms with Gasteiger partial charge in [0.2, 0.25) is 10.0 Å². The Balaban J connectivity index is 1.97. The Labute approximate surface area is 171 Å². The third kappa shape index (κ3) is 3.93. The van der Waals surface area contributed by atoms with Gasteiger partial charge in [-0.2, -0.15) is 4.31 Å². The molecule has 1 amide bonds. The minimum atomic E-state index is -3.59. The quantitative estimate of drug-likeness (QED) is 0.637. The first-order valence-electron chi connectivity index (χ1n) is 9.61. The normalized spacial score (nSPS) is 11.9. The van der Waals surface area contributed by atoms with E-state index in [-0.39, 0.29) is 16.6 Å². The van der Waals surface area contributed by atoms with Crippen molar-refractivity contribution in [2.24, 2.45) is 0 Å². The average molecular weight is 415 g/mol. The minimum Gasteiger partial charge on any atom is -0.451 e. The highest BCUT2D eigenvalue weighted by molar-refractivity contribution is 7.89. The molecule has 154 valence electrons. The van der Waals surface area contributed by atoms with Crippen molar-refractivity contribution in [1.29, 1.82) is 0 Å². The summed E-state index contributed by atoms with van der Waals surface area (Å²) < 4.78 is 32.8. The van der Waals surface area contributed by atoms with Gasteiger partial charge < -0.3 is 9.73 Å². The van der Waals surface area contributed by atoms with Crippen LogP contribution in [0.2, 0.25) is 0 Å². The van der Waals surface area contributed by atoms with Crippen LogP contribution in [0.4, 0.5) is 5.69 Å². The van der Waals surface area contributed by atoms with Gasteiger partial charge in [0.1, 0.15) is 5.58 Å². The van der Waals surface area contributed by atoms with Crippen LogP contribution in [0.25, 0.3) is 11.0 Å². The Morgan fingerprint density at radius 3 is 2.31 bits per heavy atom. The molecule has 29 heavy (non-hydrogen) atoms. The molecule has 0 aliphatic heterocycles. The second kappa shape index (κ2) is 8.00. The van der Waals surface area contributed by atoms with Crippen LogP contribution < -0.4 is 5.32 Å². The maximum absolute atomic E-state index is 12.8. The first-order valence-corrected chi connectivity index (χ1v) is 11.0. The summed E-state index contributed by atoms with van der Waals surface area (Å²) in [5.41, 5.74) is 3.99. The summed E-state index contributed by atoms with van der Waals surface area (Å²) in [6.45, 7) is 10.1. The summed E-state index contributed by atoms with van der Waals surface area (Å²) in [5.74, 6) is -0.189. The molecule has 0 aliphatic rings. The molecule has 6 nitrogen and oxygen atoms in total. The first kappa shape index (κ1) is 21.1. The van der Waals surface area contributed by atoms with Gasteiger partial charge in [-0.05, 0) is 62.2 Å². The van der Waals surface area contributed by atoms with Gasteiger partial charge in [0.25, 0.3) is 5.91 Å². The SMILES string of the molecule is CCN(CC)S(=O)(=O)c1ccc2oc(C(=O)Nc3ccc(C)c(C)c3)c(C)c2c1. The van der Waals surface area contributed by atoms with Crippen molar-refractivity contribution >= 4 is 32.6 Å². The van der Waals surface area contributed by atoms with Crippen molar-refractivity contribution in [2.45, 2.75) is 39.5 Å². The fourth-order valence-corrected chi connectivity index (χ4v) is 4.78. The van der Waals surface area contributed by atoms with Gasteiger partial charge in [0.05, 0.1) is 4.90 Å². The van der Waals surface area contributed by atoms with E-state index < -0.39 is 10.0 Å². The molecule has 0 unspecified atom stereocenters. The number of nitrogens with zero attached hydrogens (tertiary/aromatic N) is 1. The number of carbonyl (C=O) groups is 1. The van der Waals surface area contributed by atoms with Crippen LogP contribution in [-0.2, 0) is 10.0 Å². The lowest BCUT2D eigenvalue weighted by molar-refractivity contribution is 0.0998. The predicted molar refractivity (Wildman–Crippen MR) is 115 cm³/mol. The minimum absolute atomic E-state index is 0.176. The van der Waals surface area contributed by atoms with Crippen LogP contribution in [0.3, 0.4) is 0 Å². The number of amides is 1. The van der Waals surface area contributed by atoms with E-state index in [1.54, 1.807) is 32.9 Å². The molecular weight excluding hydrogens is 388 g/mol. The number of carbonyl (C=O) groups excluding carboxylic acids is 1. The molecule has 0 fully saturated rings. The van der Waals surface area contributed by atoms with Crippen LogP contribution in [0.15, 0.2) is 45.7 Å². The number of benzene rings is 2.